The molecule has 0 spiro atoms. The minimum absolute atomic E-state index is 0.163. The highest BCUT2D eigenvalue weighted by atomic mass is 19.2. The third-order valence-electron chi connectivity index (χ3n) is 4.41. The Bertz CT molecular complexity index is 1010. The van der Waals surface area contributed by atoms with E-state index in [0.717, 1.165) is 6.07 Å². The number of nitrogens with zero attached hydrogens (tertiary/aromatic N) is 1. The van der Waals surface area contributed by atoms with Crippen LogP contribution in [0.15, 0.2) is 30.3 Å². The van der Waals surface area contributed by atoms with Crippen LogP contribution in [0.1, 0.15) is 30.6 Å². The lowest BCUT2D eigenvalue weighted by atomic mass is 10.1. The van der Waals surface area contributed by atoms with Crippen LogP contribution in [0.5, 0.6) is 11.5 Å². The van der Waals surface area contributed by atoms with Crippen LogP contribution in [0.3, 0.4) is 0 Å². The van der Waals surface area contributed by atoms with Gasteiger partial charge in [-0.05, 0) is 43.7 Å². The van der Waals surface area contributed by atoms with Crippen LogP contribution in [-0.2, 0) is 9.59 Å². The molecule has 0 aromatic heterocycles. The first-order chi connectivity index (χ1) is 15.2. The van der Waals surface area contributed by atoms with Crippen LogP contribution >= 0.6 is 0 Å². The van der Waals surface area contributed by atoms with Crippen molar-refractivity contribution >= 4 is 23.3 Å². The van der Waals surface area contributed by atoms with E-state index in [9.17, 15) is 27.6 Å². The molecule has 0 aliphatic rings. The highest BCUT2D eigenvalue weighted by Crippen LogP contribution is 2.28. The second-order valence-corrected chi connectivity index (χ2v) is 6.80. The molecule has 0 atom stereocenters. The third kappa shape index (κ3) is 6.22. The number of Topliss-reactive ketones (excluding diaryl/α,β-unsaturated/α-hetero) is 1. The molecule has 0 aliphatic heterocycles. The summed E-state index contributed by atoms with van der Waals surface area (Å²) in [6, 6.07) is 6.07. The normalized spacial score (nSPS) is 10.4. The molecule has 32 heavy (non-hydrogen) atoms. The van der Waals surface area contributed by atoms with Crippen LogP contribution < -0.4 is 14.8 Å². The number of amides is 2. The Labute approximate surface area is 183 Å². The second kappa shape index (κ2) is 11.2. The van der Waals surface area contributed by atoms with E-state index in [1.807, 2.05) is 0 Å². The fourth-order valence-electron chi connectivity index (χ4n) is 2.78. The van der Waals surface area contributed by atoms with Crippen LogP contribution in [0.2, 0.25) is 0 Å². The molecule has 0 bridgehead atoms. The first kappa shape index (κ1) is 24.7. The van der Waals surface area contributed by atoms with Gasteiger partial charge in [0.05, 0.1) is 19.3 Å². The number of hydrogen-bond donors (Lipinski definition) is 1. The van der Waals surface area contributed by atoms with E-state index in [1.54, 1.807) is 6.92 Å². The Hall–Kier alpha value is -3.56. The van der Waals surface area contributed by atoms with Gasteiger partial charge in [0.1, 0.15) is 0 Å². The number of hydrogen-bond acceptors (Lipinski definition) is 5. The van der Waals surface area contributed by atoms with Gasteiger partial charge in [-0.1, -0.05) is 6.92 Å². The lowest BCUT2D eigenvalue weighted by molar-refractivity contribution is -0.136. The van der Waals surface area contributed by atoms with Gasteiger partial charge in [0.25, 0.3) is 5.91 Å². The SMILES string of the molecule is CCCN(CC(=O)Nc1ccc(F)c(F)c1F)C(=O)COc1ccc(C(C)=O)cc1OC. The molecule has 0 fully saturated rings. The van der Waals surface area contributed by atoms with E-state index in [4.69, 9.17) is 9.47 Å². The molecule has 2 amide bonds. The Balaban J connectivity index is 2.04. The van der Waals surface area contributed by atoms with Crippen molar-refractivity contribution in [1.82, 2.24) is 4.90 Å². The van der Waals surface area contributed by atoms with E-state index < -0.39 is 48.1 Å². The number of ketones is 1. The van der Waals surface area contributed by atoms with E-state index in [2.05, 4.69) is 5.32 Å². The number of halogens is 3. The molecular formula is C22H23F3N2O5. The van der Waals surface area contributed by atoms with Gasteiger partial charge < -0.3 is 19.7 Å². The lowest BCUT2D eigenvalue weighted by Gasteiger charge is -2.22. The molecule has 0 saturated heterocycles. The van der Waals surface area contributed by atoms with Crippen molar-refractivity contribution in [3.63, 3.8) is 0 Å². The number of anilines is 1. The summed E-state index contributed by atoms with van der Waals surface area (Å²) in [5.74, 6) is -5.62. The fraction of sp³-hybridized carbons (Fsp3) is 0.318. The molecule has 0 radical (unpaired) electrons. The van der Waals surface area contributed by atoms with Crippen LogP contribution in [-0.4, -0.2) is 49.3 Å². The van der Waals surface area contributed by atoms with E-state index >= 15 is 0 Å². The zero-order valence-electron chi connectivity index (χ0n) is 17.8. The molecule has 10 heteroatoms. The molecule has 0 aliphatic carbocycles. The Kier molecular flexibility index (Phi) is 8.62. The van der Waals surface area contributed by atoms with Crippen molar-refractivity contribution in [3.05, 3.63) is 53.3 Å². The summed E-state index contributed by atoms with van der Waals surface area (Å²) in [6.45, 7) is 2.52. The molecule has 2 aromatic carbocycles. The number of carbonyl (C=O) groups excluding carboxylic acids is 3. The monoisotopic (exact) mass is 452 g/mol. The maximum absolute atomic E-state index is 13.8. The topological polar surface area (TPSA) is 84.9 Å². The summed E-state index contributed by atoms with van der Waals surface area (Å²) < 4.78 is 50.8. The summed E-state index contributed by atoms with van der Waals surface area (Å²) in [5, 5.41) is 2.12. The largest absolute Gasteiger partial charge is 0.493 e. The predicted molar refractivity (Wildman–Crippen MR) is 110 cm³/mol. The molecule has 0 saturated carbocycles. The average Bonchev–Trinajstić information content (AvgIpc) is 2.77. The van der Waals surface area contributed by atoms with E-state index in [-0.39, 0.29) is 23.8 Å². The van der Waals surface area contributed by atoms with Crippen LogP contribution in [0, 0.1) is 17.5 Å². The summed E-state index contributed by atoms with van der Waals surface area (Å²) in [6.07, 6.45) is 0.523. The van der Waals surface area contributed by atoms with Gasteiger partial charge in [-0.2, -0.15) is 0 Å². The number of methoxy groups -OCH3 is 1. The molecule has 2 aromatic rings. The van der Waals surface area contributed by atoms with Gasteiger partial charge in [-0.15, -0.1) is 0 Å². The number of ether oxygens (including phenoxy) is 2. The van der Waals surface area contributed by atoms with Crippen molar-refractivity contribution in [2.45, 2.75) is 20.3 Å². The van der Waals surface area contributed by atoms with E-state index in [1.165, 1.54) is 37.1 Å². The Morgan fingerprint density at radius 1 is 1.03 bits per heavy atom. The second-order valence-electron chi connectivity index (χ2n) is 6.80. The van der Waals surface area contributed by atoms with Crippen LogP contribution in [0.25, 0.3) is 0 Å². The molecule has 7 nitrogen and oxygen atoms in total. The van der Waals surface area contributed by atoms with Gasteiger partial charge in [0.15, 0.2) is 41.3 Å². The highest BCUT2D eigenvalue weighted by Gasteiger charge is 2.20. The Morgan fingerprint density at radius 3 is 2.38 bits per heavy atom. The summed E-state index contributed by atoms with van der Waals surface area (Å²) >= 11 is 0. The van der Waals surface area contributed by atoms with Gasteiger partial charge in [-0.25, -0.2) is 13.2 Å². The number of rotatable bonds is 10. The fourth-order valence-corrected chi connectivity index (χ4v) is 2.78. The standard InChI is InChI=1S/C22H23F3N2O5/c1-4-9-27(11-19(29)26-16-7-6-15(23)21(24)22(16)25)20(30)12-32-17-8-5-14(13(2)28)10-18(17)31-3/h5-8,10H,4,9,11-12H2,1-3H3,(H,26,29). The minimum Gasteiger partial charge on any atom is -0.493 e. The number of benzene rings is 2. The smallest absolute Gasteiger partial charge is 0.260 e. The maximum atomic E-state index is 13.8. The summed E-state index contributed by atoms with van der Waals surface area (Å²) in [4.78, 5) is 37.5. The third-order valence-corrected chi connectivity index (χ3v) is 4.41. The zero-order chi connectivity index (χ0) is 23.8. The number of nitrogens with one attached hydrogen (secondary N) is 1. The Morgan fingerprint density at radius 2 is 1.75 bits per heavy atom. The molecule has 0 heterocycles. The van der Waals surface area contributed by atoms with Crippen molar-refractivity contribution in [3.8, 4) is 11.5 Å². The molecule has 1 N–H and O–H groups in total. The van der Waals surface area contributed by atoms with Crippen molar-refractivity contribution in [2.75, 3.05) is 32.1 Å². The first-order valence-corrected chi connectivity index (χ1v) is 9.70. The van der Waals surface area contributed by atoms with Crippen molar-refractivity contribution in [2.24, 2.45) is 0 Å². The van der Waals surface area contributed by atoms with Gasteiger partial charge >= 0.3 is 0 Å². The first-order valence-electron chi connectivity index (χ1n) is 9.70. The molecular weight excluding hydrogens is 429 g/mol. The summed E-state index contributed by atoms with van der Waals surface area (Å²) in [5.41, 5.74) is -0.126. The average molecular weight is 452 g/mol. The summed E-state index contributed by atoms with van der Waals surface area (Å²) in [7, 11) is 1.39. The van der Waals surface area contributed by atoms with Crippen molar-refractivity contribution < 1.29 is 37.0 Å². The lowest BCUT2D eigenvalue weighted by Crippen LogP contribution is -2.41. The van der Waals surface area contributed by atoms with Crippen molar-refractivity contribution in [1.29, 1.82) is 0 Å². The van der Waals surface area contributed by atoms with Gasteiger partial charge in [0.2, 0.25) is 5.91 Å². The quantitative estimate of drug-likeness (QED) is 0.440. The van der Waals surface area contributed by atoms with Gasteiger partial charge in [0, 0.05) is 12.1 Å². The van der Waals surface area contributed by atoms with Crippen LogP contribution in [0.4, 0.5) is 18.9 Å². The van der Waals surface area contributed by atoms with E-state index in [0.29, 0.717) is 18.1 Å². The zero-order valence-corrected chi connectivity index (χ0v) is 17.8. The van der Waals surface area contributed by atoms with Gasteiger partial charge in [-0.3, -0.25) is 14.4 Å². The molecule has 172 valence electrons. The highest BCUT2D eigenvalue weighted by molar-refractivity contribution is 5.95. The predicted octanol–water partition coefficient (Wildman–Crippen LogP) is 3.57. The number of carbonyl (C=O) groups is 3. The minimum atomic E-state index is -1.71. The molecule has 0 unspecified atom stereocenters. The maximum Gasteiger partial charge on any atom is 0.260 e. The molecule has 2 rings (SSSR count).